The van der Waals surface area contributed by atoms with Gasteiger partial charge in [-0.05, 0) is 61.9 Å². The number of hydrogen-bond donors (Lipinski definition) is 1. The lowest BCUT2D eigenvalue weighted by Gasteiger charge is -2.10. The van der Waals surface area contributed by atoms with Gasteiger partial charge in [0, 0.05) is 30.2 Å². The van der Waals surface area contributed by atoms with Gasteiger partial charge in [0.15, 0.2) is 0 Å². The highest BCUT2D eigenvalue weighted by atomic mass is 19.1. The van der Waals surface area contributed by atoms with E-state index < -0.39 is 5.82 Å². The van der Waals surface area contributed by atoms with Crippen molar-refractivity contribution >= 4 is 5.91 Å². The van der Waals surface area contributed by atoms with Gasteiger partial charge in [-0.1, -0.05) is 12.1 Å². The standard InChI is InChI=1S/C22H20FN5O/c1-15-11-16(2)28(26-15)21-8-7-18(13-20(21)23)22(29)24-14-17-5-3-6-19(12-17)27-10-4-9-25-27/h3-13H,14H2,1-2H3,(H,24,29). The Balaban J connectivity index is 1.47. The van der Waals surface area contributed by atoms with Crippen LogP contribution in [0.4, 0.5) is 4.39 Å². The first-order valence-electron chi connectivity index (χ1n) is 9.21. The quantitative estimate of drug-likeness (QED) is 0.565. The van der Waals surface area contributed by atoms with Crippen molar-refractivity contribution in [2.24, 2.45) is 0 Å². The van der Waals surface area contributed by atoms with E-state index in [1.54, 1.807) is 23.0 Å². The van der Waals surface area contributed by atoms with Crippen LogP contribution in [0.1, 0.15) is 27.3 Å². The number of nitrogens with zero attached hydrogens (tertiary/aromatic N) is 4. The molecule has 1 amide bonds. The molecule has 146 valence electrons. The molecular weight excluding hydrogens is 369 g/mol. The summed E-state index contributed by atoms with van der Waals surface area (Å²) >= 11 is 0. The van der Waals surface area contributed by atoms with E-state index in [9.17, 15) is 9.18 Å². The van der Waals surface area contributed by atoms with Gasteiger partial charge in [-0.2, -0.15) is 10.2 Å². The van der Waals surface area contributed by atoms with Crippen LogP contribution in [0.25, 0.3) is 11.4 Å². The van der Waals surface area contributed by atoms with E-state index in [1.807, 2.05) is 56.4 Å². The molecule has 29 heavy (non-hydrogen) atoms. The largest absolute Gasteiger partial charge is 0.348 e. The Kier molecular flexibility index (Phi) is 4.95. The van der Waals surface area contributed by atoms with Crippen LogP contribution in [0, 0.1) is 19.7 Å². The number of carbonyl (C=O) groups is 1. The smallest absolute Gasteiger partial charge is 0.251 e. The molecule has 7 heteroatoms. The number of benzene rings is 2. The molecule has 0 fully saturated rings. The average molecular weight is 389 g/mol. The predicted molar refractivity (Wildman–Crippen MR) is 108 cm³/mol. The zero-order valence-corrected chi connectivity index (χ0v) is 16.1. The highest BCUT2D eigenvalue weighted by Crippen LogP contribution is 2.18. The second kappa shape index (κ2) is 7.71. The predicted octanol–water partition coefficient (Wildman–Crippen LogP) is 3.74. The fraction of sp³-hybridized carbons (Fsp3) is 0.136. The minimum absolute atomic E-state index is 0.260. The molecule has 0 saturated carbocycles. The van der Waals surface area contributed by atoms with Crippen LogP contribution >= 0.6 is 0 Å². The molecule has 0 bridgehead atoms. The minimum Gasteiger partial charge on any atom is -0.348 e. The Morgan fingerprint density at radius 2 is 1.97 bits per heavy atom. The van der Waals surface area contributed by atoms with Gasteiger partial charge in [-0.25, -0.2) is 13.8 Å². The van der Waals surface area contributed by atoms with Crippen LogP contribution < -0.4 is 5.32 Å². The van der Waals surface area contributed by atoms with Crippen LogP contribution in [-0.2, 0) is 6.54 Å². The summed E-state index contributed by atoms with van der Waals surface area (Å²) in [5, 5.41) is 11.3. The highest BCUT2D eigenvalue weighted by Gasteiger charge is 2.13. The SMILES string of the molecule is Cc1cc(C)n(-c2ccc(C(=O)NCc3cccc(-n4cccn4)c3)cc2F)n1. The van der Waals surface area contributed by atoms with Gasteiger partial charge in [0.25, 0.3) is 5.91 Å². The van der Waals surface area contributed by atoms with E-state index in [0.29, 0.717) is 12.2 Å². The van der Waals surface area contributed by atoms with Gasteiger partial charge < -0.3 is 5.32 Å². The number of rotatable bonds is 5. The second-order valence-electron chi connectivity index (χ2n) is 6.81. The average Bonchev–Trinajstić information content (AvgIpc) is 3.36. The van der Waals surface area contributed by atoms with E-state index >= 15 is 0 Å². The number of aromatic nitrogens is 4. The number of halogens is 1. The number of aryl methyl sites for hydroxylation is 2. The van der Waals surface area contributed by atoms with Crippen molar-refractivity contribution in [2.75, 3.05) is 0 Å². The lowest BCUT2D eigenvalue weighted by atomic mass is 10.1. The molecular formula is C22H20FN5O. The van der Waals surface area contributed by atoms with E-state index in [4.69, 9.17) is 0 Å². The Hall–Kier alpha value is -3.74. The summed E-state index contributed by atoms with van der Waals surface area (Å²) in [4.78, 5) is 12.5. The van der Waals surface area contributed by atoms with Gasteiger partial charge in [-0.3, -0.25) is 4.79 Å². The van der Waals surface area contributed by atoms with Crippen molar-refractivity contribution in [3.8, 4) is 11.4 Å². The van der Waals surface area contributed by atoms with Crippen LogP contribution in [-0.4, -0.2) is 25.5 Å². The van der Waals surface area contributed by atoms with Gasteiger partial charge in [0.1, 0.15) is 11.5 Å². The van der Waals surface area contributed by atoms with Crippen LogP contribution in [0.5, 0.6) is 0 Å². The molecule has 0 saturated heterocycles. The molecule has 4 aromatic rings. The number of nitrogens with one attached hydrogen (secondary N) is 1. The van der Waals surface area contributed by atoms with Gasteiger partial charge >= 0.3 is 0 Å². The molecule has 0 unspecified atom stereocenters. The molecule has 2 heterocycles. The third-order valence-corrected chi connectivity index (χ3v) is 4.58. The second-order valence-corrected chi connectivity index (χ2v) is 6.81. The van der Waals surface area contributed by atoms with Crippen molar-refractivity contribution in [2.45, 2.75) is 20.4 Å². The maximum atomic E-state index is 14.6. The molecule has 0 atom stereocenters. The molecule has 2 aromatic carbocycles. The summed E-state index contributed by atoms with van der Waals surface area (Å²) < 4.78 is 17.9. The zero-order chi connectivity index (χ0) is 20.4. The van der Waals surface area contributed by atoms with E-state index in [-0.39, 0.29) is 11.5 Å². The molecule has 0 aliphatic heterocycles. The maximum absolute atomic E-state index is 14.6. The van der Waals surface area contributed by atoms with E-state index in [0.717, 1.165) is 22.6 Å². The Labute approximate surface area is 167 Å². The molecule has 4 rings (SSSR count). The Bertz CT molecular complexity index is 1160. The normalized spacial score (nSPS) is 10.9. The highest BCUT2D eigenvalue weighted by molar-refractivity contribution is 5.94. The van der Waals surface area contributed by atoms with Crippen molar-refractivity contribution < 1.29 is 9.18 Å². The molecule has 2 aromatic heterocycles. The van der Waals surface area contributed by atoms with Crippen LogP contribution in [0.3, 0.4) is 0 Å². The zero-order valence-electron chi connectivity index (χ0n) is 16.1. The van der Waals surface area contributed by atoms with Crippen molar-refractivity contribution in [3.05, 3.63) is 95.3 Å². The van der Waals surface area contributed by atoms with Crippen molar-refractivity contribution in [3.63, 3.8) is 0 Å². The minimum atomic E-state index is -0.496. The van der Waals surface area contributed by atoms with Crippen LogP contribution in [0.15, 0.2) is 67.0 Å². The van der Waals surface area contributed by atoms with Gasteiger partial charge in [-0.15, -0.1) is 0 Å². The third-order valence-electron chi connectivity index (χ3n) is 4.58. The molecule has 0 aliphatic carbocycles. The van der Waals surface area contributed by atoms with Crippen molar-refractivity contribution in [1.29, 1.82) is 0 Å². The van der Waals surface area contributed by atoms with Crippen LogP contribution in [0.2, 0.25) is 0 Å². The Morgan fingerprint density at radius 1 is 1.10 bits per heavy atom. The van der Waals surface area contributed by atoms with E-state index in [1.165, 1.54) is 10.7 Å². The number of hydrogen-bond acceptors (Lipinski definition) is 3. The van der Waals surface area contributed by atoms with Gasteiger partial charge in [0.2, 0.25) is 0 Å². The molecule has 0 aliphatic rings. The third kappa shape index (κ3) is 3.94. The monoisotopic (exact) mass is 389 g/mol. The fourth-order valence-electron chi connectivity index (χ4n) is 3.21. The Morgan fingerprint density at radius 3 is 2.66 bits per heavy atom. The van der Waals surface area contributed by atoms with Crippen molar-refractivity contribution in [1.82, 2.24) is 24.9 Å². The first-order chi connectivity index (χ1) is 14.0. The summed E-state index contributed by atoms with van der Waals surface area (Å²) in [6, 6.07) is 15.8. The summed E-state index contributed by atoms with van der Waals surface area (Å²) in [5.74, 6) is -0.835. The van der Waals surface area contributed by atoms with E-state index in [2.05, 4.69) is 15.5 Å². The summed E-state index contributed by atoms with van der Waals surface area (Å²) in [6.07, 6.45) is 3.56. The summed E-state index contributed by atoms with van der Waals surface area (Å²) in [6.45, 7) is 4.04. The fourth-order valence-corrected chi connectivity index (χ4v) is 3.21. The topological polar surface area (TPSA) is 64.7 Å². The van der Waals surface area contributed by atoms with Gasteiger partial charge in [0.05, 0.1) is 11.4 Å². The molecule has 6 nitrogen and oxygen atoms in total. The number of amides is 1. The number of carbonyl (C=O) groups excluding carboxylic acids is 1. The molecule has 0 spiro atoms. The lowest BCUT2D eigenvalue weighted by molar-refractivity contribution is 0.0950. The lowest BCUT2D eigenvalue weighted by Crippen LogP contribution is -2.23. The molecule has 1 N–H and O–H groups in total. The molecule has 0 radical (unpaired) electrons. The first-order valence-corrected chi connectivity index (χ1v) is 9.21. The summed E-state index contributed by atoms with van der Waals surface area (Å²) in [7, 11) is 0. The summed E-state index contributed by atoms with van der Waals surface area (Å²) in [5.41, 5.74) is 4.04. The first kappa shape index (κ1) is 18.6. The maximum Gasteiger partial charge on any atom is 0.251 e.